The second-order valence-corrected chi connectivity index (χ2v) is 14.1. The standard InChI is InChI=1S/C34H32N6O3S2/c1-34(2,3)23-15-16-25-28(19-23)44-32(29(25)31(41)36-24-12-8-5-9-13-24)35-20-21-14-17-27(26(18-21)40(42)43)45-33-37-30(38-39-33)22-10-6-4-7-11-22/h4-14,17-18,20,23H,15-16,19H2,1-3H3,(H,36,41)(H,37,38,39)/t23-/m1/s1. The Balaban J connectivity index is 1.28. The molecule has 0 fully saturated rings. The highest BCUT2D eigenvalue weighted by Gasteiger charge is 2.33. The number of anilines is 1. The van der Waals surface area contributed by atoms with Gasteiger partial charge in [0.05, 0.1) is 15.4 Å². The highest BCUT2D eigenvalue weighted by molar-refractivity contribution is 7.99. The van der Waals surface area contributed by atoms with Gasteiger partial charge in [0.2, 0.25) is 5.16 Å². The number of nitrogens with zero attached hydrogens (tertiary/aromatic N) is 4. The van der Waals surface area contributed by atoms with E-state index in [-0.39, 0.29) is 17.0 Å². The van der Waals surface area contributed by atoms with Gasteiger partial charge < -0.3 is 5.32 Å². The van der Waals surface area contributed by atoms with E-state index in [0.717, 1.165) is 42.2 Å². The van der Waals surface area contributed by atoms with Crippen molar-refractivity contribution in [2.75, 3.05) is 5.32 Å². The van der Waals surface area contributed by atoms with E-state index in [9.17, 15) is 14.9 Å². The minimum Gasteiger partial charge on any atom is -0.322 e. The van der Waals surface area contributed by atoms with Gasteiger partial charge in [0.25, 0.3) is 11.6 Å². The van der Waals surface area contributed by atoms with Crippen molar-refractivity contribution in [3.05, 3.63) is 111 Å². The van der Waals surface area contributed by atoms with Crippen LogP contribution in [0.3, 0.4) is 0 Å². The summed E-state index contributed by atoms with van der Waals surface area (Å²) in [5, 5.41) is 23.2. The fourth-order valence-corrected chi connectivity index (χ4v) is 7.51. The van der Waals surface area contributed by atoms with Crippen molar-refractivity contribution in [3.8, 4) is 11.4 Å². The van der Waals surface area contributed by atoms with Crippen molar-refractivity contribution in [2.45, 2.75) is 50.1 Å². The fraction of sp³-hybridized carbons (Fsp3) is 0.235. The number of fused-ring (bicyclic) bond motifs is 1. The number of para-hydroxylation sites is 1. The molecule has 2 heterocycles. The van der Waals surface area contributed by atoms with Crippen molar-refractivity contribution in [3.63, 3.8) is 0 Å². The lowest BCUT2D eigenvalue weighted by Crippen LogP contribution is -2.27. The number of nitrogens with one attached hydrogen (secondary N) is 2. The number of aromatic amines is 1. The maximum absolute atomic E-state index is 13.6. The third kappa shape index (κ3) is 6.89. The molecule has 0 bridgehead atoms. The number of nitro benzene ring substituents is 1. The number of benzene rings is 3. The van der Waals surface area contributed by atoms with Gasteiger partial charge in [-0.1, -0.05) is 75.4 Å². The van der Waals surface area contributed by atoms with Crippen LogP contribution in [0.5, 0.6) is 0 Å². The predicted octanol–water partition coefficient (Wildman–Crippen LogP) is 8.75. The average Bonchev–Trinajstić information content (AvgIpc) is 3.65. The summed E-state index contributed by atoms with van der Waals surface area (Å²) in [7, 11) is 0. The number of H-pyrrole nitrogens is 1. The van der Waals surface area contributed by atoms with Crippen LogP contribution in [0.4, 0.5) is 16.4 Å². The van der Waals surface area contributed by atoms with Gasteiger partial charge in [-0.3, -0.25) is 20.0 Å². The molecule has 3 aromatic carbocycles. The summed E-state index contributed by atoms with van der Waals surface area (Å²) in [6.45, 7) is 6.78. The van der Waals surface area contributed by atoms with E-state index < -0.39 is 4.92 Å². The van der Waals surface area contributed by atoms with Gasteiger partial charge in [-0.15, -0.1) is 16.4 Å². The topological polar surface area (TPSA) is 126 Å². The summed E-state index contributed by atoms with van der Waals surface area (Å²) < 4.78 is 0. The first-order chi connectivity index (χ1) is 21.7. The van der Waals surface area contributed by atoms with Crippen LogP contribution < -0.4 is 5.32 Å². The molecule has 5 aromatic rings. The zero-order valence-electron chi connectivity index (χ0n) is 25.1. The number of aliphatic imine (C=N–C) groups is 1. The zero-order valence-corrected chi connectivity index (χ0v) is 26.7. The van der Waals surface area contributed by atoms with Crippen LogP contribution in [0.2, 0.25) is 0 Å². The summed E-state index contributed by atoms with van der Waals surface area (Å²) in [5.41, 5.74) is 3.87. The largest absolute Gasteiger partial charge is 0.322 e. The Labute approximate surface area is 269 Å². The summed E-state index contributed by atoms with van der Waals surface area (Å²) in [4.78, 5) is 36.1. The monoisotopic (exact) mass is 636 g/mol. The Morgan fingerprint density at radius 2 is 1.84 bits per heavy atom. The van der Waals surface area contributed by atoms with Crippen LogP contribution in [0, 0.1) is 21.4 Å². The fourth-order valence-electron chi connectivity index (χ4n) is 5.44. The number of hydrogen-bond donors (Lipinski definition) is 2. The number of thiophene rings is 1. The lowest BCUT2D eigenvalue weighted by molar-refractivity contribution is -0.387. The maximum Gasteiger partial charge on any atom is 0.283 e. The molecule has 1 amide bonds. The quantitative estimate of drug-likeness (QED) is 0.0996. The third-order valence-electron chi connectivity index (χ3n) is 7.95. The Hall–Kier alpha value is -4.61. The molecule has 1 atom stereocenters. The molecular formula is C34H32N6O3S2. The van der Waals surface area contributed by atoms with E-state index >= 15 is 0 Å². The molecule has 0 saturated carbocycles. The van der Waals surface area contributed by atoms with Crippen LogP contribution >= 0.6 is 23.1 Å². The number of amides is 1. The second-order valence-electron chi connectivity index (χ2n) is 12.0. The molecule has 0 saturated heterocycles. The maximum atomic E-state index is 13.6. The molecule has 0 radical (unpaired) electrons. The molecule has 1 aliphatic rings. The molecule has 2 aromatic heterocycles. The van der Waals surface area contributed by atoms with Gasteiger partial charge in [0.1, 0.15) is 5.00 Å². The third-order valence-corrected chi connectivity index (χ3v) is 10.0. The number of nitro groups is 1. The van der Waals surface area contributed by atoms with Crippen molar-refractivity contribution in [1.82, 2.24) is 15.2 Å². The van der Waals surface area contributed by atoms with Crippen LogP contribution in [0.25, 0.3) is 11.4 Å². The first-order valence-electron chi connectivity index (χ1n) is 14.6. The van der Waals surface area contributed by atoms with Crippen molar-refractivity contribution >= 4 is 51.6 Å². The van der Waals surface area contributed by atoms with Crippen LogP contribution in [-0.2, 0) is 12.8 Å². The Bertz CT molecular complexity index is 1880. The molecule has 0 spiro atoms. The van der Waals surface area contributed by atoms with E-state index in [2.05, 4.69) is 41.3 Å². The Kier molecular flexibility index (Phi) is 8.64. The lowest BCUT2D eigenvalue weighted by Gasteiger charge is -2.33. The van der Waals surface area contributed by atoms with Gasteiger partial charge in [0, 0.05) is 28.4 Å². The molecule has 228 valence electrons. The minimum atomic E-state index is -0.417. The minimum absolute atomic E-state index is 0.0736. The molecule has 9 nitrogen and oxygen atoms in total. The van der Waals surface area contributed by atoms with Gasteiger partial charge in [-0.2, -0.15) is 0 Å². The summed E-state index contributed by atoms with van der Waals surface area (Å²) in [6, 6.07) is 23.9. The number of rotatable bonds is 8. The van der Waals surface area contributed by atoms with Crippen LogP contribution in [0.15, 0.2) is 93.9 Å². The van der Waals surface area contributed by atoms with Crippen LogP contribution in [-0.4, -0.2) is 32.2 Å². The number of carbonyl (C=O) groups excluding carboxylic acids is 1. The molecule has 2 N–H and O–H groups in total. The second kappa shape index (κ2) is 12.8. The Morgan fingerprint density at radius 3 is 2.56 bits per heavy atom. The first kappa shape index (κ1) is 30.4. The van der Waals surface area contributed by atoms with E-state index in [1.807, 2.05) is 60.7 Å². The number of carbonyl (C=O) groups is 1. The summed E-state index contributed by atoms with van der Waals surface area (Å²) in [6.07, 6.45) is 4.31. The molecule has 11 heteroatoms. The molecule has 6 rings (SSSR count). The van der Waals surface area contributed by atoms with Crippen molar-refractivity contribution in [1.29, 1.82) is 0 Å². The lowest BCUT2D eigenvalue weighted by atomic mass is 9.72. The molecule has 0 aliphatic heterocycles. The number of hydrogen-bond acceptors (Lipinski definition) is 8. The first-order valence-corrected chi connectivity index (χ1v) is 16.3. The SMILES string of the molecule is CC(C)(C)[C@@H]1CCc2c(sc(N=Cc3ccc(Sc4n[nH]c(-c5ccccc5)n4)c([N+](=O)[O-])c3)c2C(=O)Nc2ccccc2)C1. The zero-order chi connectivity index (χ0) is 31.6. The van der Waals surface area contributed by atoms with E-state index in [4.69, 9.17) is 4.99 Å². The summed E-state index contributed by atoms with van der Waals surface area (Å²) >= 11 is 2.66. The van der Waals surface area contributed by atoms with Crippen molar-refractivity contribution in [2.24, 2.45) is 16.3 Å². The Morgan fingerprint density at radius 1 is 1.11 bits per heavy atom. The van der Waals surface area contributed by atoms with Gasteiger partial charge in [-0.05, 0) is 71.7 Å². The van der Waals surface area contributed by atoms with E-state index in [0.29, 0.717) is 43.6 Å². The van der Waals surface area contributed by atoms with E-state index in [1.54, 1.807) is 18.3 Å². The molecular weight excluding hydrogens is 605 g/mol. The highest BCUT2D eigenvalue weighted by Crippen LogP contribution is 2.45. The molecule has 0 unspecified atom stereocenters. The van der Waals surface area contributed by atoms with Gasteiger partial charge in [-0.25, -0.2) is 9.98 Å². The van der Waals surface area contributed by atoms with Crippen molar-refractivity contribution < 1.29 is 9.72 Å². The van der Waals surface area contributed by atoms with E-state index in [1.165, 1.54) is 22.3 Å². The highest BCUT2D eigenvalue weighted by atomic mass is 32.2. The van der Waals surface area contributed by atoms with Gasteiger partial charge in [0.15, 0.2) is 5.82 Å². The smallest absolute Gasteiger partial charge is 0.283 e. The normalized spacial score (nSPS) is 14.8. The molecule has 1 aliphatic carbocycles. The summed E-state index contributed by atoms with van der Waals surface area (Å²) in [5.74, 6) is 0.897. The van der Waals surface area contributed by atoms with Gasteiger partial charge >= 0.3 is 0 Å². The molecule has 45 heavy (non-hydrogen) atoms. The predicted molar refractivity (Wildman–Crippen MR) is 180 cm³/mol. The number of aromatic nitrogens is 3. The average molecular weight is 637 g/mol. The van der Waals surface area contributed by atoms with Crippen LogP contribution in [0.1, 0.15) is 53.6 Å².